The lowest BCUT2D eigenvalue weighted by Crippen LogP contribution is -2.23. The van der Waals surface area contributed by atoms with E-state index in [1.807, 2.05) is 56.3 Å². The van der Waals surface area contributed by atoms with Crippen molar-refractivity contribution in [3.63, 3.8) is 0 Å². The first-order valence-electron chi connectivity index (χ1n) is 9.38. The number of para-hydroxylation sites is 1. The van der Waals surface area contributed by atoms with Crippen LogP contribution in [0.3, 0.4) is 0 Å². The molecule has 1 aliphatic rings. The second kappa shape index (κ2) is 7.68. The van der Waals surface area contributed by atoms with Gasteiger partial charge in [-0.3, -0.25) is 4.79 Å². The Bertz CT molecular complexity index is 991. The van der Waals surface area contributed by atoms with Crippen LogP contribution in [-0.2, 0) is 4.79 Å². The summed E-state index contributed by atoms with van der Waals surface area (Å²) in [6.45, 7) is 4.03. The maximum absolute atomic E-state index is 12.6. The van der Waals surface area contributed by atoms with Crippen molar-refractivity contribution in [2.75, 3.05) is 12.4 Å². The highest BCUT2D eigenvalue weighted by Crippen LogP contribution is 2.48. The number of benzene rings is 2. The van der Waals surface area contributed by atoms with Gasteiger partial charge < -0.3 is 14.8 Å². The number of carbonyl (C=O) groups is 1. The molecule has 1 aliphatic heterocycles. The van der Waals surface area contributed by atoms with E-state index < -0.39 is 0 Å². The summed E-state index contributed by atoms with van der Waals surface area (Å²) in [5, 5.41) is 5.22. The quantitative estimate of drug-likeness (QED) is 0.606. The molecule has 2 aromatic carbocycles. The van der Waals surface area contributed by atoms with Crippen molar-refractivity contribution in [3.8, 4) is 22.6 Å². The summed E-state index contributed by atoms with van der Waals surface area (Å²) in [5.41, 5.74) is 4.08. The smallest absolute Gasteiger partial charge is 0.225 e. The van der Waals surface area contributed by atoms with Gasteiger partial charge in [0.1, 0.15) is 11.5 Å². The molecule has 5 heteroatoms. The molecule has 0 fully saturated rings. The van der Waals surface area contributed by atoms with Crippen LogP contribution in [0.4, 0.5) is 5.69 Å². The van der Waals surface area contributed by atoms with E-state index in [1.165, 1.54) is 4.88 Å². The van der Waals surface area contributed by atoms with E-state index in [1.54, 1.807) is 18.4 Å². The van der Waals surface area contributed by atoms with Gasteiger partial charge in [-0.1, -0.05) is 30.3 Å². The minimum Gasteiger partial charge on any atom is -0.497 e. The second-order valence-corrected chi connectivity index (χ2v) is 8.04. The van der Waals surface area contributed by atoms with Crippen LogP contribution in [0.5, 0.6) is 11.5 Å². The van der Waals surface area contributed by atoms with Crippen LogP contribution in [-0.4, -0.2) is 19.1 Å². The molecule has 2 heterocycles. The van der Waals surface area contributed by atoms with E-state index in [-0.39, 0.29) is 17.9 Å². The second-order valence-electron chi connectivity index (χ2n) is 7.13. The number of amides is 1. The number of thiophene rings is 1. The number of rotatable bonds is 5. The first-order valence-corrected chi connectivity index (χ1v) is 10.3. The molecule has 0 saturated carbocycles. The molecule has 1 aromatic heterocycles. The Hall–Kier alpha value is -2.79. The van der Waals surface area contributed by atoms with Crippen LogP contribution in [0, 0.1) is 0 Å². The first kappa shape index (κ1) is 18.6. The van der Waals surface area contributed by atoms with Gasteiger partial charge in [-0.25, -0.2) is 0 Å². The van der Waals surface area contributed by atoms with E-state index in [0.29, 0.717) is 6.42 Å². The van der Waals surface area contributed by atoms with Gasteiger partial charge in [0, 0.05) is 33.7 Å². The van der Waals surface area contributed by atoms with Crippen molar-refractivity contribution in [2.24, 2.45) is 0 Å². The zero-order valence-corrected chi connectivity index (χ0v) is 17.0. The topological polar surface area (TPSA) is 47.6 Å². The third-order valence-corrected chi connectivity index (χ3v) is 5.94. The highest BCUT2D eigenvalue weighted by Gasteiger charge is 2.32. The Morgan fingerprint density at radius 3 is 2.57 bits per heavy atom. The summed E-state index contributed by atoms with van der Waals surface area (Å²) in [6.07, 6.45) is 0.504. The van der Waals surface area contributed by atoms with Gasteiger partial charge in [-0.15, -0.1) is 11.3 Å². The number of carbonyl (C=O) groups excluding carboxylic acids is 1. The average molecular weight is 394 g/mol. The molecular formula is C23H23NO3S. The Labute approximate surface area is 169 Å². The predicted molar refractivity (Wildman–Crippen MR) is 114 cm³/mol. The van der Waals surface area contributed by atoms with Gasteiger partial charge in [-0.05, 0) is 37.6 Å². The highest BCUT2D eigenvalue weighted by atomic mass is 32.1. The lowest BCUT2D eigenvalue weighted by atomic mass is 9.88. The Balaban J connectivity index is 1.77. The van der Waals surface area contributed by atoms with Gasteiger partial charge in [0.25, 0.3) is 0 Å². The predicted octanol–water partition coefficient (Wildman–Crippen LogP) is 5.69. The Kier molecular flexibility index (Phi) is 5.09. The molecule has 4 rings (SSSR count). The molecule has 28 heavy (non-hydrogen) atoms. The summed E-state index contributed by atoms with van der Waals surface area (Å²) in [4.78, 5) is 13.7. The molecule has 1 N–H and O–H groups in total. The number of fused-ring (bicyclic) bond motifs is 1. The fourth-order valence-electron chi connectivity index (χ4n) is 3.59. The zero-order chi connectivity index (χ0) is 19.7. The highest BCUT2D eigenvalue weighted by molar-refractivity contribution is 7.11. The number of anilines is 1. The molecule has 144 valence electrons. The molecule has 3 aromatic rings. The summed E-state index contributed by atoms with van der Waals surface area (Å²) in [7, 11) is 1.66. The lowest BCUT2D eigenvalue weighted by Gasteiger charge is -2.26. The van der Waals surface area contributed by atoms with Gasteiger partial charge in [0.05, 0.1) is 18.9 Å². The van der Waals surface area contributed by atoms with Crippen LogP contribution < -0.4 is 14.8 Å². The van der Waals surface area contributed by atoms with Crippen molar-refractivity contribution >= 4 is 22.9 Å². The Morgan fingerprint density at radius 1 is 1.11 bits per heavy atom. The molecule has 0 radical (unpaired) electrons. The van der Waals surface area contributed by atoms with Crippen molar-refractivity contribution in [3.05, 3.63) is 64.4 Å². The Morgan fingerprint density at radius 2 is 1.86 bits per heavy atom. The largest absolute Gasteiger partial charge is 0.497 e. The average Bonchev–Trinajstić information content (AvgIpc) is 3.11. The van der Waals surface area contributed by atoms with Gasteiger partial charge in [-0.2, -0.15) is 0 Å². The maximum Gasteiger partial charge on any atom is 0.225 e. The molecule has 0 bridgehead atoms. The fourth-order valence-corrected chi connectivity index (χ4v) is 4.74. The number of hydrogen-bond donors (Lipinski definition) is 1. The van der Waals surface area contributed by atoms with E-state index >= 15 is 0 Å². The van der Waals surface area contributed by atoms with Crippen molar-refractivity contribution in [1.82, 2.24) is 0 Å². The molecule has 4 nitrogen and oxygen atoms in total. The van der Waals surface area contributed by atoms with E-state index in [0.717, 1.165) is 33.9 Å². The SMILES string of the molecule is COc1ccc(-c2csc3c2NC(=O)C[C@H]3c2ccccc2OC(C)C)cc1. The number of methoxy groups -OCH3 is 1. The van der Waals surface area contributed by atoms with Crippen molar-refractivity contribution in [1.29, 1.82) is 0 Å². The first-order chi connectivity index (χ1) is 13.6. The summed E-state index contributed by atoms with van der Waals surface area (Å²) >= 11 is 1.69. The molecule has 0 aliphatic carbocycles. The third kappa shape index (κ3) is 3.50. The standard InChI is InChI=1S/C23H23NO3S/c1-14(2)27-20-7-5-4-6-17(20)18-12-21(25)24-22-19(13-28-23(18)22)15-8-10-16(26-3)11-9-15/h4-11,13-14,18H,12H2,1-3H3,(H,24,25)/t18-/m0/s1. The van der Waals surface area contributed by atoms with Crippen molar-refractivity contribution < 1.29 is 14.3 Å². The fraction of sp³-hybridized carbons (Fsp3) is 0.261. The summed E-state index contributed by atoms with van der Waals surface area (Å²) < 4.78 is 11.3. The van der Waals surface area contributed by atoms with Crippen LogP contribution in [0.2, 0.25) is 0 Å². The van der Waals surface area contributed by atoms with Gasteiger partial charge >= 0.3 is 0 Å². The van der Waals surface area contributed by atoms with Crippen LogP contribution in [0.15, 0.2) is 53.9 Å². The number of nitrogens with one attached hydrogen (secondary N) is 1. The van der Waals surface area contributed by atoms with E-state index in [4.69, 9.17) is 9.47 Å². The molecule has 0 unspecified atom stereocenters. The van der Waals surface area contributed by atoms with Crippen LogP contribution in [0.25, 0.3) is 11.1 Å². The molecule has 1 amide bonds. The van der Waals surface area contributed by atoms with Crippen molar-refractivity contribution in [2.45, 2.75) is 32.3 Å². The van der Waals surface area contributed by atoms with Crippen LogP contribution in [0.1, 0.15) is 36.6 Å². The van der Waals surface area contributed by atoms with Gasteiger partial charge in [0.15, 0.2) is 0 Å². The summed E-state index contributed by atoms with van der Waals surface area (Å²) in [6, 6.07) is 16.0. The number of hydrogen-bond acceptors (Lipinski definition) is 4. The minimum atomic E-state index is -0.00398. The normalized spacial score (nSPS) is 15.9. The maximum atomic E-state index is 12.6. The van der Waals surface area contributed by atoms with E-state index in [2.05, 4.69) is 16.8 Å². The molecule has 0 spiro atoms. The molecule has 1 atom stereocenters. The summed E-state index contributed by atoms with van der Waals surface area (Å²) in [5.74, 6) is 1.69. The molecular weight excluding hydrogens is 370 g/mol. The van der Waals surface area contributed by atoms with Crippen LogP contribution >= 0.6 is 11.3 Å². The molecule has 0 saturated heterocycles. The third-order valence-electron chi connectivity index (χ3n) is 4.85. The lowest BCUT2D eigenvalue weighted by molar-refractivity contribution is -0.116. The zero-order valence-electron chi connectivity index (χ0n) is 16.2. The van der Waals surface area contributed by atoms with E-state index in [9.17, 15) is 4.79 Å². The number of ether oxygens (including phenoxy) is 2. The monoisotopic (exact) mass is 393 g/mol. The van der Waals surface area contributed by atoms with Gasteiger partial charge in [0.2, 0.25) is 5.91 Å². The minimum absolute atomic E-state index is 0.00398.